The van der Waals surface area contributed by atoms with Crippen LogP contribution in [-0.2, 0) is 31.9 Å². The molecule has 2 aromatic rings. The minimum absolute atomic E-state index is 0.0149. The fraction of sp³-hybridized carbons (Fsp3) is 0.333. The molecular formula is C24H24O8. The van der Waals surface area contributed by atoms with Crippen molar-refractivity contribution in [3.05, 3.63) is 64.9 Å². The van der Waals surface area contributed by atoms with Gasteiger partial charge in [-0.15, -0.1) is 0 Å². The summed E-state index contributed by atoms with van der Waals surface area (Å²) in [5, 5.41) is 30.5. The van der Waals surface area contributed by atoms with Gasteiger partial charge in [-0.05, 0) is 48.7 Å². The summed E-state index contributed by atoms with van der Waals surface area (Å²) in [5.74, 6) is -1.99. The van der Waals surface area contributed by atoms with Crippen LogP contribution in [0.3, 0.4) is 0 Å². The predicted octanol–water partition coefficient (Wildman–Crippen LogP) is 2.45. The topological polar surface area (TPSA) is 123 Å². The van der Waals surface area contributed by atoms with E-state index in [1.54, 1.807) is 32.0 Å². The standard InChI is InChI=1S/C24H24O8/c1-23(2)18(26)11-15-10-13(4-9-17(15)31-23)12-24(22(29)30-3)19(20(27)21(28)32-24)14-5-7-16(25)8-6-14/h4-10,18,25-27H,11-12H2,1-3H3/t18?,24-/m1/s1. The van der Waals surface area contributed by atoms with Gasteiger partial charge in [-0.25, -0.2) is 9.59 Å². The van der Waals surface area contributed by atoms with E-state index in [1.165, 1.54) is 31.4 Å². The van der Waals surface area contributed by atoms with E-state index in [2.05, 4.69) is 0 Å². The van der Waals surface area contributed by atoms with Gasteiger partial charge in [-0.2, -0.15) is 0 Å². The zero-order valence-electron chi connectivity index (χ0n) is 17.9. The lowest BCUT2D eigenvalue weighted by atomic mass is 9.82. The Morgan fingerprint density at radius 2 is 1.81 bits per heavy atom. The van der Waals surface area contributed by atoms with Crippen molar-refractivity contribution in [1.82, 2.24) is 0 Å². The van der Waals surface area contributed by atoms with Crippen molar-refractivity contribution in [3.8, 4) is 11.5 Å². The van der Waals surface area contributed by atoms with Gasteiger partial charge in [0.2, 0.25) is 11.4 Å². The Kier molecular flexibility index (Phi) is 5.13. The number of methoxy groups -OCH3 is 1. The molecule has 8 heteroatoms. The van der Waals surface area contributed by atoms with Gasteiger partial charge >= 0.3 is 11.9 Å². The van der Waals surface area contributed by atoms with Crippen LogP contribution in [0.25, 0.3) is 5.57 Å². The molecule has 0 radical (unpaired) electrons. The number of phenolic OH excluding ortho intramolecular Hbond substituents is 1. The van der Waals surface area contributed by atoms with Crippen molar-refractivity contribution in [2.75, 3.05) is 7.11 Å². The summed E-state index contributed by atoms with van der Waals surface area (Å²) in [4.78, 5) is 25.3. The molecule has 2 aromatic carbocycles. The molecule has 0 aromatic heterocycles. The van der Waals surface area contributed by atoms with Gasteiger partial charge in [0.05, 0.1) is 18.8 Å². The Labute approximate surface area is 184 Å². The zero-order valence-corrected chi connectivity index (χ0v) is 17.9. The van der Waals surface area contributed by atoms with E-state index < -0.39 is 35.0 Å². The quantitative estimate of drug-likeness (QED) is 0.620. The molecule has 4 rings (SSSR count). The van der Waals surface area contributed by atoms with Crippen molar-refractivity contribution >= 4 is 17.5 Å². The van der Waals surface area contributed by atoms with Gasteiger partial charge in [-0.1, -0.05) is 24.3 Å². The number of benzene rings is 2. The molecule has 3 N–H and O–H groups in total. The molecule has 8 nitrogen and oxygen atoms in total. The zero-order chi connectivity index (χ0) is 23.3. The lowest BCUT2D eigenvalue weighted by Crippen LogP contribution is -2.46. The molecule has 32 heavy (non-hydrogen) atoms. The van der Waals surface area contributed by atoms with Gasteiger partial charge in [0.25, 0.3) is 0 Å². The second-order valence-electron chi connectivity index (χ2n) is 8.52. The van der Waals surface area contributed by atoms with E-state index in [0.29, 0.717) is 23.3 Å². The summed E-state index contributed by atoms with van der Waals surface area (Å²) < 4.78 is 16.3. The maximum Gasteiger partial charge on any atom is 0.375 e. The number of carbonyl (C=O) groups excluding carboxylic acids is 2. The van der Waals surface area contributed by atoms with Gasteiger partial charge < -0.3 is 29.5 Å². The highest BCUT2D eigenvalue weighted by Gasteiger charge is 2.55. The number of carbonyl (C=O) groups is 2. The summed E-state index contributed by atoms with van der Waals surface area (Å²) in [6.07, 6.45) is -0.480. The van der Waals surface area contributed by atoms with Gasteiger partial charge in [0.1, 0.15) is 17.1 Å². The van der Waals surface area contributed by atoms with E-state index >= 15 is 0 Å². The summed E-state index contributed by atoms with van der Waals surface area (Å²) in [5.41, 5.74) is -1.00. The molecule has 2 heterocycles. The minimum Gasteiger partial charge on any atom is -0.508 e. The number of esters is 2. The molecule has 2 atom stereocenters. The number of rotatable bonds is 4. The first-order valence-electron chi connectivity index (χ1n) is 10.1. The number of fused-ring (bicyclic) bond motifs is 1. The third-order valence-electron chi connectivity index (χ3n) is 5.94. The average Bonchev–Trinajstić information content (AvgIpc) is 2.99. The number of ether oxygens (including phenoxy) is 3. The summed E-state index contributed by atoms with van der Waals surface area (Å²) in [6, 6.07) is 10.9. The van der Waals surface area contributed by atoms with Gasteiger partial charge in [-0.3, -0.25) is 0 Å². The van der Waals surface area contributed by atoms with Crippen LogP contribution < -0.4 is 4.74 Å². The Bertz CT molecular complexity index is 1120. The lowest BCUT2D eigenvalue weighted by Gasteiger charge is -2.37. The molecule has 1 unspecified atom stereocenters. The van der Waals surface area contributed by atoms with Crippen LogP contribution >= 0.6 is 0 Å². The fourth-order valence-electron chi connectivity index (χ4n) is 4.15. The Balaban J connectivity index is 1.78. The fourth-order valence-corrected chi connectivity index (χ4v) is 4.15. The summed E-state index contributed by atoms with van der Waals surface area (Å²) in [7, 11) is 1.17. The van der Waals surface area contributed by atoms with Crippen molar-refractivity contribution in [1.29, 1.82) is 0 Å². The molecule has 0 fully saturated rings. The first-order chi connectivity index (χ1) is 15.1. The lowest BCUT2D eigenvalue weighted by molar-refractivity contribution is -0.169. The first-order valence-corrected chi connectivity index (χ1v) is 10.1. The highest BCUT2D eigenvalue weighted by atomic mass is 16.6. The van der Waals surface area contributed by atoms with Crippen LogP contribution in [0, 0.1) is 0 Å². The molecule has 0 amide bonds. The monoisotopic (exact) mass is 440 g/mol. The van der Waals surface area contributed by atoms with Crippen LogP contribution in [-0.4, -0.2) is 51.7 Å². The number of aliphatic hydroxyl groups excluding tert-OH is 2. The van der Waals surface area contributed by atoms with Crippen molar-refractivity contribution in [3.63, 3.8) is 0 Å². The van der Waals surface area contributed by atoms with Gasteiger partial charge in [0, 0.05) is 12.8 Å². The SMILES string of the molecule is COC(=O)[C@]1(Cc2ccc3c(c2)CC(O)C(C)(C)O3)OC(=O)C(O)=C1c1ccc(O)cc1. The predicted molar refractivity (Wildman–Crippen MR) is 113 cm³/mol. The van der Waals surface area contributed by atoms with E-state index in [-0.39, 0.29) is 17.7 Å². The molecule has 2 aliphatic heterocycles. The van der Waals surface area contributed by atoms with Crippen LogP contribution in [0.1, 0.15) is 30.5 Å². The highest BCUT2D eigenvalue weighted by Crippen LogP contribution is 2.43. The maximum atomic E-state index is 12.9. The smallest absolute Gasteiger partial charge is 0.375 e. The van der Waals surface area contributed by atoms with E-state index in [9.17, 15) is 24.9 Å². The highest BCUT2D eigenvalue weighted by molar-refractivity contribution is 6.11. The third kappa shape index (κ3) is 3.46. The normalized spacial score (nSPS) is 23.9. The van der Waals surface area contributed by atoms with Gasteiger partial charge in [0.15, 0.2) is 0 Å². The number of hydrogen-bond acceptors (Lipinski definition) is 8. The average molecular weight is 440 g/mol. The van der Waals surface area contributed by atoms with Crippen molar-refractivity contribution in [2.24, 2.45) is 0 Å². The first kappa shape index (κ1) is 21.7. The molecule has 0 bridgehead atoms. The third-order valence-corrected chi connectivity index (χ3v) is 5.94. The van der Waals surface area contributed by atoms with Crippen LogP contribution in [0.4, 0.5) is 0 Å². The minimum atomic E-state index is -1.92. The summed E-state index contributed by atoms with van der Waals surface area (Å²) in [6.45, 7) is 3.60. The Hall–Kier alpha value is -3.52. The van der Waals surface area contributed by atoms with Crippen LogP contribution in [0.15, 0.2) is 48.2 Å². The van der Waals surface area contributed by atoms with E-state index in [4.69, 9.17) is 14.2 Å². The molecular weight excluding hydrogens is 416 g/mol. The second kappa shape index (κ2) is 7.56. The second-order valence-corrected chi connectivity index (χ2v) is 8.52. The number of hydrogen-bond donors (Lipinski definition) is 3. The van der Waals surface area contributed by atoms with Crippen LogP contribution in [0.2, 0.25) is 0 Å². The van der Waals surface area contributed by atoms with E-state index in [0.717, 1.165) is 5.56 Å². The summed E-state index contributed by atoms with van der Waals surface area (Å²) >= 11 is 0. The molecule has 0 saturated carbocycles. The number of aliphatic hydroxyl groups is 2. The molecule has 0 saturated heterocycles. The molecule has 168 valence electrons. The number of phenols is 1. The van der Waals surface area contributed by atoms with E-state index in [1.807, 2.05) is 0 Å². The number of aromatic hydroxyl groups is 1. The largest absolute Gasteiger partial charge is 0.508 e. The molecule has 2 aliphatic rings. The Morgan fingerprint density at radius 1 is 1.12 bits per heavy atom. The molecule has 0 aliphatic carbocycles. The number of cyclic esters (lactones) is 1. The van der Waals surface area contributed by atoms with Crippen molar-refractivity contribution in [2.45, 2.75) is 44.0 Å². The Morgan fingerprint density at radius 3 is 2.47 bits per heavy atom. The van der Waals surface area contributed by atoms with Crippen LogP contribution in [0.5, 0.6) is 11.5 Å². The van der Waals surface area contributed by atoms with Crippen molar-refractivity contribution < 1.29 is 39.1 Å². The maximum absolute atomic E-state index is 12.9. The molecule has 0 spiro atoms.